The average molecular weight is 414 g/mol. The Labute approximate surface area is 179 Å². The highest BCUT2D eigenvalue weighted by atomic mass is 16.3. The molecule has 156 valence electrons. The standard InChI is InChI=1S/C24H22N4O3/c1-15-21(16(2)28(26-15)18-9-4-3-5-10-18)22-23(29)25-12-13-27(22)24(30)20-14-17-8-6-7-11-19(17)31-20/h3-11,14,22H,12-13H2,1-2H3,(H,25,29)/t22-/m0/s1. The minimum Gasteiger partial charge on any atom is -0.451 e. The number of rotatable bonds is 3. The van der Waals surface area contributed by atoms with E-state index in [1.54, 1.807) is 11.0 Å². The van der Waals surface area contributed by atoms with E-state index in [1.807, 2.05) is 73.1 Å². The lowest BCUT2D eigenvalue weighted by atomic mass is 10.00. The van der Waals surface area contributed by atoms with Gasteiger partial charge in [-0.1, -0.05) is 36.4 Å². The number of furan rings is 1. The zero-order valence-corrected chi connectivity index (χ0v) is 17.3. The first-order valence-corrected chi connectivity index (χ1v) is 10.2. The van der Waals surface area contributed by atoms with Gasteiger partial charge in [0.2, 0.25) is 5.91 Å². The number of para-hydroxylation sites is 2. The number of amides is 2. The lowest BCUT2D eigenvalue weighted by Crippen LogP contribution is -2.52. The minimum absolute atomic E-state index is 0.213. The molecule has 2 aromatic carbocycles. The zero-order chi connectivity index (χ0) is 21.5. The number of nitrogens with zero attached hydrogens (tertiary/aromatic N) is 3. The number of hydrogen-bond donors (Lipinski definition) is 1. The smallest absolute Gasteiger partial charge is 0.290 e. The molecule has 1 N–H and O–H groups in total. The van der Waals surface area contributed by atoms with Crippen molar-refractivity contribution < 1.29 is 14.0 Å². The monoisotopic (exact) mass is 414 g/mol. The normalized spacial score (nSPS) is 16.5. The van der Waals surface area contributed by atoms with E-state index in [1.165, 1.54) is 0 Å². The Morgan fingerprint density at radius 1 is 1.10 bits per heavy atom. The highest BCUT2D eigenvalue weighted by Crippen LogP contribution is 2.32. The van der Waals surface area contributed by atoms with Gasteiger partial charge >= 0.3 is 0 Å². The first-order valence-electron chi connectivity index (χ1n) is 10.2. The lowest BCUT2D eigenvalue weighted by Gasteiger charge is -2.34. The molecule has 1 atom stereocenters. The fourth-order valence-corrected chi connectivity index (χ4v) is 4.27. The van der Waals surface area contributed by atoms with E-state index < -0.39 is 6.04 Å². The molecule has 7 nitrogen and oxygen atoms in total. The van der Waals surface area contributed by atoms with E-state index in [0.717, 1.165) is 22.3 Å². The SMILES string of the molecule is Cc1nn(-c2ccccc2)c(C)c1[C@H]1C(=O)NCCN1C(=O)c1cc2ccccc2o1. The van der Waals surface area contributed by atoms with Crippen LogP contribution in [0, 0.1) is 13.8 Å². The van der Waals surface area contributed by atoms with Crippen LogP contribution in [0.15, 0.2) is 65.1 Å². The first kappa shape index (κ1) is 19.1. The zero-order valence-electron chi connectivity index (χ0n) is 17.3. The van der Waals surface area contributed by atoms with Gasteiger partial charge in [-0.25, -0.2) is 4.68 Å². The molecular weight excluding hydrogens is 392 g/mol. The topological polar surface area (TPSA) is 80.4 Å². The molecule has 0 unspecified atom stereocenters. The maximum Gasteiger partial charge on any atom is 0.290 e. The van der Waals surface area contributed by atoms with Crippen molar-refractivity contribution in [2.24, 2.45) is 0 Å². The van der Waals surface area contributed by atoms with Gasteiger partial charge in [-0.3, -0.25) is 9.59 Å². The number of aromatic nitrogens is 2. The molecular formula is C24H22N4O3. The van der Waals surface area contributed by atoms with Gasteiger partial charge < -0.3 is 14.6 Å². The summed E-state index contributed by atoms with van der Waals surface area (Å²) >= 11 is 0. The molecule has 1 aliphatic heterocycles. The number of hydrogen-bond acceptors (Lipinski definition) is 4. The molecule has 31 heavy (non-hydrogen) atoms. The second-order valence-electron chi connectivity index (χ2n) is 7.67. The summed E-state index contributed by atoms with van der Waals surface area (Å²) < 4.78 is 7.61. The average Bonchev–Trinajstić information content (AvgIpc) is 3.35. The summed E-state index contributed by atoms with van der Waals surface area (Å²) in [6.07, 6.45) is 0. The van der Waals surface area contributed by atoms with Gasteiger partial charge in [0.25, 0.3) is 5.91 Å². The Hall–Kier alpha value is -3.87. The van der Waals surface area contributed by atoms with Gasteiger partial charge in [-0.15, -0.1) is 0 Å². The molecule has 3 heterocycles. The predicted molar refractivity (Wildman–Crippen MR) is 116 cm³/mol. The minimum atomic E-state index is -0.771. The summed E-state index contributed by atoms with van der Waals surface area (Å²) in [6, 6.07) is 18.2. The van der Waals surface area contributed by atoms with Crippen molar-refractivity contribution in [2.75, 3.05) is 13.1 Å². The van der Waals surface area contributed by atoms with Crippen molar-refractivity contribution in [2.45, 2.75) is 19.9 Å². The number of aryl methyl sites for hydroxylation is 1. The highest BCUT2D eigenvalue weighted by Gasteiger charge is 2.39. The first-order chi connectivity index (χ1) is 15.0. The van der Waals surface area contributed by atoms with E-state index in [9.17, 15) is 9.59 Å². The fraction of sp³-hybridized carbons (Fsp3) is 0.208. The largest absolute Gasteiger partial charge is 0.451 e. The molecule has 0 bridgehead atoms. The van der Waals surface area contributed by atoms with Crippen LogP contribution in [0.25, 0.3) is 16.7 Å². The van der Waals surface area contributed by atoms with E-state index in [4.69, 9.17) is 4.42 Å². The van der Waals surface area contributed by atoms with Gasteiger partial charge in [-0.05, 0) is 38.1 Å². The number of fused-ring (bicyclic) bond motifs is 1. The molecule has 5 rings (SSSR count). The van der Waals surface area contributed by atoms with Crippen LogP contribution in [0.5, 0.6) is 0 Å². The molecule has 4 aromatic rings. The highest BCUT2D eigenvalue weighted by molar-refractivity contribution is 5.99. The third-order valence-corrected chi connectivity index (χ3v) is 5.73. The molecule has 0 spiro atoms. The molecule has 0 radical (unpaired) electrons. The molecule has 7 heteroatoms. The number of carbonyl (C=O) groups is 2. The summed E-state index contributed by atoms with van der Waals surface area (Å²) in [7, 11) is 0. The van der Waals surface area contributed by atoms with Crippen molar-refractivity contribution in [3.05, 3.63) is 83.4 Å². The van der Waals surface area contributed by atoms with Crippen LogP contribution in [0.1, 0.15) is 33.5 Å². The maximum atomic E-state index is 13.4. The lowest BCUT2D eigenvalue weighted by molar-refractivity contribution is -0.128. The van der Waals surface area contributed by atoms with Crippen LogP contribution in [-0.2, 0) is 4.79 Å². The van der Waals surface area contributed by atoms with E-state index in [-0.39, 0.29) is 17.6 Å². The molecule has 2 amide bonds. The summed E-state index contributed by atoms with van der Waals surface area (Å²) in [4.78, 5) is 28.0. The third kappa shape index (κ3) is 3.18. The number of piperazine rings is 1. The molecule has 1 fully saturated rings. The Balaban J connectivity index is 1.57. The van der Waals surface area contributed by atoms with Crippen molar-refractivity contribution >= 4 is 22.8 Å². The van der Waals surface area contributed by atoms with Crippen LogP contribution >= 0.6 is 0 Å². The summed E-state index contributed by atoms with van der Waals surface area (Å²) in [5.74, 6) is -0.288. The Morgan fingerprint density at radius 3 is 2.61 bits per heavy atom. The number of carbonyl (C=O) groups excluding carboxylic acids is 2. The van der Waals surface area contributed by atoms with Crippen LogP contribution in [-0.4, -0.2) is 39.6 Å². The molecule has 0 aliphatic carbocycles. The second-order valence-corrected chi connectivity index (χ2v) is 7.67. The molecule has 2 aromatic heterocycles. The Bertz CT molecular complexity index is 1260. The van der Waals surface area contributed by atoms with Gasteiger partial charge in [0.1, 0.15) is 11.6 Å². The Kier molecular flexibility index (Phi) is 4.58. The van der Waals surface area contributed by atoms with Gasteiger partial charge in [-0.2, -0.15) is 5.10 Å². The van der Waals surface area contributed by atoms with E-state index >= 15 is 0 Å². The molecule has 1 aliphatic rings. The van der Waals surface area contributed by atoms with Crippen LogP contribution in [0.4, 0.5) is 0 Å². The van der Waals surface area contributed by atoms with Gasteiger partial charge in [0.15, 0.2) is 5.76 Å². The second kappa shape index (κ2) is 7.43. The Morgan fingerprint density at radius 2 is 1.84 bits per heavy atom. The quantitative estimate of drug-likeness (QED) is 0.556. The summed E-state index contributed by atoms with van der Waals surface area (Å²) in [6.45, 7) is 4.58. The van der Waals surface area contributed by atoms with Crippen LogP contribution < -0.4 is 5.32 Å². The predicted octanol–water partition coefficient (Wildman–Crippen LogP) is 3.55. The van der Waals surface area contributed by atoms with Crippen LogP contribution in [0.3, 0.4) is 0 Å². The maximum absolute atomic E-state index is 13.4. The third-order valence-electron chi connectivity index (χ3n) is 5.73. The van der Waals surface area contributed by atoms with Crippen molar-refractivity contribution in [3.63, 3.8) is 0 Å². The van der Waals surface area contributed by atoms with Crippen molar-refractivity contribution in [3.8, 4) is 5.69 Å². The summed E-state index contributed by atoms with van der Waals surface area (Å²) in [5.41, 5.74) is 3.83. The van der Waals surface area contributed by atoms with E-state index in [0.29, 0.717) is 24.4 Å². The van der Waals surface area contributed by atoms with Gasteiger partial charge in [0, 0.05) is 29.7 Å². The van der Waals surface area contributed by atoms with Crippen LogP contribution in [0.2, 0.25) is 0 Å². The van der Waals surface area contributed by atoms with Gasteiger partial charge in [0.05, 0.1) is 11.4 Å². The van der Waals surface area contributed by atoms with E-state index in [2.05, 4.69) is 10.4 Å². The fourth-order valence-electron chi connectivity index (χ4n) is 4.27. The van der Waals surface area contributed by atoms with Crippen molar-refractivity contribution in [1.82, 2.24) is 20.0 Å². The van der Waals surface area contributed by atoms with Crippen molar-refractivity contribution in [1.29, 1.82) is 0 Å². The summed E-state index contributed by atoms with van der Waals surface area (Å²) in [5, 5.41) is 8.42. The molecule has 1 saturated heterocycles. The number of benzene rings is 2. The number of nitrogens with one attached hydrogen (secondary N) is 1. The molecule has 0 saturated carbocycles.